The fourth-order valence-electron chi connectivity index (χ4n) is 1.38. The van der Waals surface area contributed by atoms with Crippen LogP contribution in [-0.4, -0.2) is 31.7 Å². The summed E-state index contributed by atoms with van der Waals surface area (Å²) in [5, 5.41) is 3.99. The minimum Gasteiger partial charge on any atom is -0.314 e. The van der Waals surface area contributed by atoms with Crippen LogP contribution in [0.1, 0.15) is 30.2 Å². The van der Waals surface area contributed by atoms with Crippen molar-refractivity contribution in [1.82, 2.24) is 15.0 Å². The third-order valence-electron chi connectivity index (χ3n) is 2.25. The second kappa shape index (κ2) is 7.18. The van der Waals surface area contributed by atoms with Gasteiger partial charge in [0.1, 0.15) is 5.01 Å². The summed E-state index contributed by atoms with van der Waals surface area (Å²) in [7, 11) is -3.19. The molecule has 0 unspecified atom stereocenters. The Morgan fingerprint density at radius 1 is 1.44 bits per heavy atom. The van der Waals surface area contributed by atoms with Gasteiger partial charge in [-0.1, -0.05) is 13.8 Å². The van der Waals surface area contributed by atoms with Gasteiger partial charge in [0.25, 0.3) is 0 Å². The maximum Gasteiger partial charge on any atom is 0.212 e. The summed E-state index contributed by atoms with van der Waals surface area (Å²) in [5.41, 5.74) is 0. The van der Waals surface area contributed by atoms with E-state index in [9.17, 15) is 8.42 Å². The molecule has 7 heteroatoms. The van der Waals surface area contributed by atoms with Crippen molar-refractivity contribution >= 4 is 21.4 Å². The molecule has 0 aromatic carbocycles. The fourth-order valence-corrected chi connectivity index (χ4v) is 3.22. The maximum atomic E-state index is 11.7. The highest BCUT2D eigenvalue weighted by Crippen LogP contribution is 2.10. The van der Waals surface area contributed by atoms with Crippen molar-refractivity contribution in [2.45, 2.75) is 39.8 Å². The molecule has 0 spiro atoms. The topological polar surface area (TPSA) is 71.1 Å². The van der Waals surface area contributed by atoms with Crippen molar-refractivity contribution in [2.24, 2.45) is 0 Å². The first-order valence-corrected chi connectivity index (χ1v) is 8.48. The van der Waals surface area contributed by atoms with Crippen LogP contribution in [0.25, 0.3) is 0 Å². The van der Waals surface area contributed by atoms with E-state index in [1.807, 2.05) is 20.8 Å². The quantitative estimate of drug-likeness (QED) is 0.707. The van der Waals surface area contributed by atoms with Crippen molar-refractivity contribution < 1.29 is 8.42 Å². The second-order valence-electron chi connectivity index (χ2n) is 4.47. The molecule has 0 fully saturated rings. The molecule has 1 heterocycles. The number of rotatable bonds is 8. The molecule has 0 atom stereocenters. The first-order chi connectivity index (χ1) is 8.39. The monoisotopic (exact) mass is 291 g/mol. The predicted molar refractivity (Wildman–Crippen MR) is 75.2 cm³/mol. The van der Waals surface area contributed by atoms with Crippen LogP contribution in [0, 0.1) is 6.92 Å². The second-order valence-corrected chi connectivity index (χ2v) is 7.71. The lowest BCUT2D eigenvalue weighted by atomic mass is 10.4. The van der Waals surface area contributed by atoms with Gasteiger partial charge in [-0.3, -0.25) is 0 Å². The van der Waals surface area contributed by atoms with Gasteiger partial charge in [0, 0.05) is 17.1 Å². The van der Waals surface area contributed by atoms with Gasteiger partial charge >= 0.3 is 0 Å². The first-order valence-electron chi connectivity index (χ1n) is 6.01. The highest BCUT2D eigenvalue weighted by Gasteiger charge is 2.10. The zero-order valence-corrected chi connectivity index (χ0v) is 12.7. The third-order valence-corrected chi connectivity index (χ3v) is 4.58. The van der Waals surface area contributed by atoms with Gasteiger partial charge in [0.05, 0.1) is 12.3 Å². The molecule has 0 saturated carbocycles. The molecule has 0 saturated heterocycles. The van der Waals surface area contributed by atoms with Gasteiger partial charge in [0.2, 0.25) is 10.0 Å². The van der Waals surface area contributed by atoms with E-state index in [4.69, 9.17) is 0 Å². The lowest BCUT2D eigenvalue weighted by Crippen LogP contribution is -2.29. The Bertz CT molecular complexity index is 455. The summed E-state index contributed by atoms with van der Waals surface area (Å²) in [6.45, 7) is 7.04. The van der Waals surface area contributed by atoms with Crippen molar-refractivity contribution in [3.63, 3.8) is 0 Å². The summed E-state index contributed by atoms with van der Waals surface area (Å²) in [6.07, 6.45) is 2.37. The number of thiazole rings is 1. The normalized spacial score (nSPS) is 12.2. The van der Waals surface area contributed by atoms with Crippen LogP contribution in [0.4, 0.5) is 0 Å². The minimum atomic E-state index is -3.19. The summed E-state index contributed by atoms with van der Waals surface area (Å²) < 4.78 is 26.0. The third kappa shape index (κ3) is 6.44. The van der Waals surface area contributed by atoms with E-state index in [0.29, 0.717) is 19.0 Å². The summed E-state index contributed by atoms with van der Waals surface area (Å²) in [4.78, 5) is 5.21. The summed E-state index contributed by atoms with van der Waals surface area (Å²) >= 11 is 1.51. The molecule has 0 aliphatic rings. The molecular weight excluding hydrogens is 270 g/mol. The van der Waals surface area contributed by atoms with Gasteiger partial charge in [0.15, 0.2) is 0 Å². The Hall–Kier alpha value is -0.500. The van der Waals surface area contributed by atoms with E-state index >= 15 is 0 Å². The van der Waals surface area contributed by atoms with Gasteiger partial charge < -0.3 is 5.32 Å². The van der Waals surface area contributed by atoms with Crippen LogP contribution in [0.2, 0.25) is 0 Å². The van der Waals surface area contributed by atoms with Crippen LogP contribution >= 0.6 is 11.3 Å². The van der Waals surface area contributed by atoms with Gasteiger partial charge in [-0.2, -0.15) is 0 Å². The van der Waals surface area contributed by atoms with Gasteiger partial charge in [-0.05, 0) is 19.9 Å². The van der Waals surface area contributed by atoms with E-state index in [1.54, 1.807) is 6.20 Å². The van der Waals surface area contributed by atoms with Crippen LogP contribution in [0.15, 0.2) is 6.20 Å². The first kappa shape index (κ1) is 15.6. The molecule has 2 N–H and O–H groups in total. The molecule has 1 rings (SSSR count). The molecule has 5 nitrogen and oxygen atoms in total. The maximum absolute atomic E-state index is 11.7. The SMILES string of the molecule is Cc1cnc(CNS(=O)(=O)CCCNC(C)C)s1. The van der Waals surface area contributed by atoms with Crippen LogP contribution in [0.3, 0.4) is 0 Å². The predicted octanol–water partition coefficient (Wildman–Crippen LogP) is 1.26. The number of aryl methyl sites for hydroxylation is 1. The van der Waals surface area contributed by atoms with Crippen LogP contribution < -0.4 is 10.0 Å². The Morgan fingerprint density at radius 2 is 2.17 bits per heavy atom. The molecule has 0 bridgehead atoms. The Kier molecular flexibility index (Phi) is 6.20. The van der Waals surface area contributed by atoms with E-state index in [1.165, 1.54) is 11.3 Å². The molecule has 0 amide bonds. The summed E-state index contributed by atoms with van der Waals surface area (Å²) in [6, 6.07) is 0.388. The Balaban J connectivity index is 2.27. The Morgan fingerprint density at radius 3 is 2.72 bits per heavy atom. The number of hydrogen-bond donors (Lipinski definition) is 2. The molecule has 18 heavy (non-hydrogen) atoms. The standard InChI is InChI=1S/C11H21N3O2S2/c1-9(2)12-5-4-6-18(15,16)14-8-11-13-7-10(3)17-11/h7,9,12,14H,4-6,8H2,1-3H3. The van der Waals surface area contributed by atoms with Gasteiger partial charge in [-0.25, -0.2) is 18.1 Å². The molecular formula is C11H21N3O2S2. The number of nitrogens with zero attached hydrogens (tertiary/aromatic N) is 1. The Labute approximate surface area is 113 Å². The lowest BCUT2D eigenvalue weighted by molar-refractivity contribution is 0.560. The van der Waals surface area contributed by atoms with E-state index in [0.717, 1.165) is 16.4 Å². The van der Waals surface area contributed by atoms with Crippen molar-refractivity contribution in [3.8, 4) is 0 Å². The molecule has 1 aromatic heterocycles. The average Bonchev–Trinajstić information content (AvgIpc) is 2.68. The summed E-state index contributed by atoms with van der Waals surface area (Å²) in [5.74, 6) is 0.150. The van der Waals surface area contributed by atoms with Crippen LogP contribution in [0.5, 0.6) is 0 Å². The number of hydrogen-bond acceptors (Lipinski definition) is 5. The smallest absolute Gasteiger partial charge is 0.212 e. The van der Waals surface area contributed by atoms with Crippen LogP contribution in [-0.2, 0) is 16.6 Å². The highest BCUT2D eigenvalue weighted by molar-refractivity contribution is 7.89. The largest absolute Gasteiger partial charge is 0.314 e. The molecule has 0 radical (unpaired) electrons. The minimum absolute atomic E-state index is 0.150. The van der Waals surface area contributed by atoms with Crippen molar-refractivity contribution in [2.75, 3.05) is 12.3 Å². The number of sulfonamides is 1. The van der Waals surface area contributed by atoms with Gasteiger partial charge in [-0.15, -0.1) is 11.3 Å². The zero-order valence-electron chi connectivity index (χ0n) is 11.1. The molecule has 0 aliphatic heterocycles. The van der Waals surface area contributed by atoms with Crippen molar-refractivity contribution in [1.29, 1.82) is 0 Å². The zero-order chi connectivity index (χ0) is 13.6. The fraction of sp³-hybridized carbons (Fsp3) is 0.727. The van der Waals surface area contributed by atoms with E-state index in [2.05, 4.69) is 15.0 Å². The number of aromatic nitrogens is 1. The lowest BCUT2D eigenvalue weighted by Gasteiger charge is -2.08. The number of nitrogens with one attached hydrogen (secondary N) is 2. The molecule has 1 aromatic rings. The van der Waals surface area contributed by atoms with Crippen molar-refractivity contribution in [3.05, 3.63) is 16.1 Å². The van der Waals surface area contributed by atoms with E-state index < -0.39 is 10.0 Å². The highest BCUT2D eigenvalue weighted by atomic mass is 32.2. The molecule has 0 aliphatic carbocycles. The van der Waals surface area contributed by atoms with E-state index in [-0.39, 0.29) is 5.75 Å². The average molecular weight is 291 g/mol. The molecule has 104 valence electrons.